The maximum Gasteiger partial charge on any atom is 0.345 e. The number of carbonyl (C=O) groups is 1. The smallest absolute Gasteiger partial charge is 0.345 e. The van der Waals surface area contributed by atoms with Crippen molar-refractivity contribution >= 4 is 33.1 Å². The average molecular weight is 247 g/mol. The van der Waals surface area contributed by atoms with Gasteiger partial charge >= 0.3 is 5.97 Å². The SMILES string of the molecule is O=C(O)c1cc2cc(N3CCCC3)ccc2s1. The molecule has 1 aromatic carbocycles. The summed E-state index contributed by atoms with van der Waals surface area (Å²) >= 11 is 1.34. The van der Waals surface area contributed by atoms with E-state index in [9.17, 15) is 4.79 Å². The molecule has 1 aromatic heterocycles. The van der Waals surface area contributed by atoms with Crippen molar-refractivity contribution in [2.75, 3.05) is 18.0 Å². The number of fused-ring (bicyclic) bond motifs is 1. The van der Waals surface area contributed by atoms with Crippen LogP contribution in [0.2, 0.25) is 0 Å². The lowest BCUT2D eigenvalue weighted by Gasteiger charge is -2.17. The number of hydrogen-bond acceptors (Lipinski definition) is 3. The highest BCUT2D eigenvalue weighted by atomic mass is 32.1. The number of carboxylic acids is 1. The van der Waals surface area contributed by atoms with E-state index in [4.69, 9.17) is 5.11 Å². The second-order valence-corrected chi connectivity index (χ2v) is 5.42. The highest BCUT2D eigenvalue weighted by Crippen LogP contribution is 2.30. The molecule has 1 aliphatic heterocycles. The lowest BCUT2D eigenvalue weighted by molar-refractivity contribution is 0.0702. The van der Waals surface area contributed by atoms with Crippen molar-refractivity contribution in [3.05, 3.63) is 29.1 Å². The Balaban J connectivity index is 2.02. The maximum atomic E-state index is 10.9. The zero-order valence-electron chi connectivity index (χ0n) is 9.35. The summed E-state index contributed by atoms with van der Waals surface area (Å²) in [6.45, 7) is 2.23. The first-order chi connectivity index (χ1) is 8.24. The van der Waals surface area contributed by atoms with Gasteiger partial charge in [-0.05, 0) is 42.5 Å². The van der Waals surface area contributed by atoms with Gasteiger partial charge in [0.15, 0.2) is 0 Å². The van der Waals surface area contributed by atoms with Crippen LogP contribution in [0.25, 0.3) is 10.1 Å². The maximum absolute atomic E-state index is 10.9. The van der Waals surface area contributed by atoms with Gasteiger partial charge in [-0.15, -0.1) is 11.3 Å². The second-order valence-electron chi connectivity index (χ2n) is 4.33. The first-order valence-corrected chi connectivity index (χ1v) is 6.57. The molecular formula is C13H13NO2S. The Morgan fingerprint density at radius 2 is 2.00 bits per heavy atom. The van der Waals surface area contributed by atoms with Crippen LogP contribution in [0.1, 0.15) is 22.5 Å². The van der Waals surface area contributed by atoms with E-state index >= 15 is 0 Å². The predicted molar refractivity (Wildman–Crippen MR) is 70.2 cm³/mol. The predicted octanol–water partition coefficient (Wildman–Crippen LogP) is 3.20. The van der Waals surface area contributed by atoms with Crippen LogP contribution in [0, 0.1) is 0 Å². The average Bonchev–Trinajstić information content (AvgIpc) is 2.97. The van der Waals surface area contributed by atoms with E-state index in [1.54, 1.807) is 6.07 Å². The van der Waals surface area contributed by atoms with Crippen LogP contribution < -0.4 is 4.90 Å². The summed E-state index contributed by atoms with van der Waals surface area (Å²) in [5.41, 5.74) is 1.21. The minimum atomic E-state index is -0.839. The van der Waals surface area contributed by atoms with Crippen molar-refractivity contribution in [1.29, 1.82) is 0 Å². The van der Waals surface area contributed by atoms with Crippen LogP contribution >= 0.6 is 11.3 Å². The summed E-state index contributed by atoms with van der Waals surface area (Å²) in [5.74, 6) is -0.839. The minimum Gasteiger partial charge on any atom is -0.477 e. The van der Waals surface area contributed by atoms with Crippen molar-refractivity contribution in [3.63, 3.8) is 0 Å². The van der Waals surface area contributed by atoms with Gasteiger partial charge in [-0.25, -0.2) is 4.79 Å². The zero-order chi connectivity index (χ0) is 11.8. The first-order valence-electron chi connectivity index (χ1n) is 5.76. The molecule has 0 amide bonds. The number of carboxylic acid groups (broad SMARTS) is 1. The molecule has 0 spiro atoms. The van der Waals surface area contributed by atoms with Gasteiger partial charge in [-0.1, -0.05) is 0 Å². The molecule has 2 heterocycles. The van der Waals surface area contributed by atoms with Crippen molar-refractivity contribution in [3.8, 4) is 0 Å². The molecule has 1 fully saturated rings. The van der Waals surface area contributed by atoms with Gasteiger partial charge in [0, 0.05) is 23.5 Å². The van der Waals surface area contributed by atoms with Crippen LogP contribution in [-0.2, 0) is 0 Å². The van der Waals surface area contributed by atoms with Gasteiger partial charge in [0.2, 0.25) is 0 Å². The standard InChI is InChI=1S/C13H13NO2S/c15-13(16)12-8-9-7-10(3-4-11(9)17-12)14-5-1-2-6-14/h3-4,7-8H,1-2,5-6H2,(H,15,16). The van der Waals surface area contributed by atoms with E-state index in [1.165, 1.54) is 29.9 Å². The zero-order valence-corrected chi connectivity index (χ0v) is 10.2. The van der Waals surface area contributed by atoms with Crippen molar-refractivity contribution in [2.24, 2.45) is 0 Å². The van der Waals surface area contributed by atoms with Gasteiger partial charge in [-0.3, -0.25) is 0 Å². The molecule has 1 N–H and O–H groups in total. The topological polar surface area (TPSA) is 40.5 Å². The Bertz CT molecular complexity index is 570. The van der Waals surface area contributed by atoms with E-state index in [2.05, 4.69) is 17.0 Å². The molecule has 0 radical (unpaired) electrons. The van der Waals surface area contributed by atoms with Gasteiger partial charge < -0.3 is 10.0 Å². The van der Waals surface area contributed by atoms with Gasteiger partial charge in [0.1, 0.15) is 4.88 Å². The van der Waals surface area contributed by atoms with Crippen LogP contribution in [-0.4, -0.2) is 24.2 Å². The third-order valence-corrected chi connectivity index (χ3v) is 4.29. The van der Waals surface area contributed by atoms with E-state index in [-0.39, 0.29) is 0 Å². The summed E-state index contributed by atoms with van der Waals surface area (Å²) in [6, 6.07) is 7.99. The lowest BCUT2D eigenvalue weighted by atomic mass is 10.2. The van der Waals surface area contributed by atoms with E-state index in [1.807, 2.05) is 6.07 Å². The molecule has 17 heavy (non-hydrogen) atoms. The number of aromatic carboxylic acids is 1. The summed E-state index contributed by atoms with van der Waals surface area (Å²) in [7, 11) is 0. The van der Waals surface area contributed by atoms with Gasteiger partial charge in [-0.2, -0.15) is 0 Å². The molecule has 2 aromatic rings. The molecular weight excluding hydrogens is 234 g/mol. The minimum absolute atomic E-state index is 0.415. The van der Waals surface area contributed by atoms with Crippen LogP contribution in [0.4, 0.5) is 5.69 Å². The molecule has 3 nitrogen and oxygen atoms in total. The van der Waals surface area contributed by atoms with E-state index in [0.29, 0.717) is 4.88 Å². The normalized spacial score (nSPS) is 15.6. The Hall–Kier alpha value is -1.55. The summed E-state index contributed by atoms with van der Waals surface area (Å²) in [4.78, 5) is 13.7. The largest absolute Gasteiger partial charge is 0.477 e. The van der Waals surface area contributed by atoms with Crippen molar-refractivity contribution < 1.29 is 9.90 Å². The molecule has 88 valence electrons. The molecule has 0 bridgehead atoms. The first kappa shape index (κ1) is 10.6. The van der Waals surface area contributed by atoms with Gasteiger partial charge in [0.25, 0.3) is 0 Å². The Morgan fingerprint density at radius 1 is 1.24 bits per heavy atom. The van der Waals surface area contributed by atoms with Crippen LogP contribution in [0.15, 0.2) is 24.3 Å². The number of nitrogens with zero attached hydrogens (tertiary/aromatic N) is 1. The third-order valence-electron chi connectivity index (χ3n) is 3.18. The molecule has 0 unspecified atom stereocenters. The Kier molecular flexibility index (Phi) is 2.52. The molecule has 1 saturated heterocycles. The van der Waals surface area contributed by atoms with Crippen LogP contribution in [0.3, 0.4) is 0 Å². The quantitative estimate of drug-likeness (QED) is 0.886. The highest BCUT2D eigenvalue weighted by molar-refractivity contribution is 7.20. The lowest BCUT2D eigenvalue weighted by Crippen LogP contribution is -2.17. The summed E-state index contributed by atoms with van der Waals surface area (Å²) in [6.07, 6.45) is 2.50. The van der Waals surface area contributed by atoms with E-state index in [0.717, 1.165) is 23.2 Å². The second kappa shape index (κ2) is 4.04. The fourth-order valence-electron chi connectivity index (χ4n) is 2.31. The summed E-state index contributed by atoms with van der Waals surface area (Å²) in [5, 5.41) is 10.0. The summed E-state index contributed by atoms with van der Waals surface area (Å²) < 4.78 is 1.05. The Morgan fingerprint density at radius 3 is 2.71 bits per heavy atom. The van der Waals surface area contributed by atoms with Crippen molar-refractivity contribution in [1.82, 2.24) is 0 Å². The molecule has 0 aliphatic carbocycles. The fourth-order valence-corrected chi connectivity index (χ4v) is 3.19. The molecule has 0 atom stereocenters. The van der Waals surface area contributed by atoms with Crippen LogP contribution in [0.5, 0.6) is 0 Å². The van der Waals surface area contributed by atoms with E-state index < -0.39 is 5.97 Å². The molecule has 1 aliphatic rings. The van der Waals surface area contributed by atoms with Crippen molar-refractivity contribution in [2.45, 2.75) is 12.8 Å². The third kappa shape index (κ3) is 1.89. The molecule has 3 rings (SSSR count). The molecule has 0 saturated carbocycles. The number of thiophene rings is 1. The van der Waals surface area contributed by atoms with Gasteiger partial charge in [0.05, 0.1) is 0 Å². The number of rotatable bonds is 2. The number of benzene rings is 1. The fraction of sp³-hybridized carbons (Fsp3) is 0.308. The Labute approximate surface area is 103 Å². The highest BCUT2D eigenvalue weighted by Gasteiger charge is 2.14. The molecule has 4 heteroatoms. The monoisotopic (exact) mass is 247 g/mol. The number of anilines is 1. The number of hydrogen-bond donors (Lipinski definition) is 1.